The highest BCUT2D eigenvalue weighted by molar-refractivity contribution is 7.15. The Labute approximate surface area is 160 Å². The van der Waals surface area contributed by atoms with Gasteiger partial charge in [-0.15, -0.1) is 23.7 Å². The Morgan fingerprint density at radius 2 is 1.96 bits per heavy atom. The molecule has 1 amide bonds. The number of amides is 1. The maximum atomic E-state index is 12.6. The number of hydrogen-bond acceptors (Lipinski definition) is 5. The third-order valence-electron chi connectivity index (χ3n) is 3.77. The number of anilines is 1. The largest absolute Gasteiger partial charge is 0.375 e. The number of carbonyl (C=O) groups is 1. The molecule has 0 aliphatic carbocycles. The summed E-state index contributed by atoms with van der Waals surface area (Å²) >= 11 is 13.5. The third-order valence-corrected chi connectivity index (χ3v) is 5.13. The van der Waals surface area contributed by atoms with Crippen LogP contribution in [0.3, 0.4) is 0 Å². The van der Waals surface area contributed by atoms with Crippen LogP contribution in [0.2, 0.25) is 10.0 Å². The Hall–Kier alpha value is -1.05. The first-order chi connectivity index (χ1) is 11.0. The van der Waals surface area contributed by atoms with Crippen LogP contribution in [-0.2, 0) is 6.54 Å². The highest BCUT2D eigenvalue weighted by Crippen LogP contribution is 2.23. The molecule has 5 nitrogen and oxygen atoms in total. The normalized spacial score (nSPS) is 15.2. The zero-order valence-electron chi connectivity index (χ0n) is 12.7. The fraction of sp³-hybridized carbons (Fsp3) is 0.333. The van der Waals surface area contributed by atoms with Crippen LogP contribution in [-0.4, -0.2) is 46.9 Å². The van der Waals surface area contributed by atoms with E-state index in [1.54, 1.807) is 18.2 Å². The lowest BCUT2D eigenvalue weighted by molar-refractivity contribution is 0.0630. The van der Waals surface area contributed by atoms with E-state index in [9.17, 15) is 4.79 Å². The molecule has 0 radical (unpaired) electrons. The SMILES string of the molecule is Cl.Nc1ncc(CN2CCN(C(=O)c3ccc(Cl)cc3Cl)CC2)s1. The molecule has 1 aliphatic rings. The molecule has 9 heteroatoms. The molecule has 2 heterocycles. The minimum atomic E-state index is -0.0478. The number of thiazole rings is 1. The van der Waals surface area contributed by atoms with Crippen molar-refractivity contribution in [2.24, 2.45) is 0 Å². The van der Waals surface area contributed by atoms with Crippen LogP contribution in [0.4, 0.5) is 5.13 Å². The summed E-state index contributed by atoms with van der Waals surface area (Å²) in [5, 5.41) is 1.51. The molecule has 0 bridgehead atoms. The summed E-state index contributed by atoms with van der Waals surface area (Å²) in [6.45, 7) is 3.79. The van der Waals surface area contributed by atoms with Crippen LogP contribution in [0.15, 0.2) is 24.4 Å². The second-order valence-electron chi connectivity index (χ2n) is 5.36. The summed E-state index contributed by atoms with van der Waals surface area (Å²) in [5.41, 5.74) is 6.15. The number of rotatable bonds is 3. The summed E-state index contributed by atoms with van der Waals surface area (Å²) in [4.78, 5) is 21.9. The number of benzene rings is 1. The van der Waals surface area contributed by atoms with Gasteiger partial charge in [-0.05, 0) is 18.2 Å². The summed E-state index contributed by atoms with van der Waals surface area (Å²) in [7, 11) is 0. The summed E-state index contributed by atoms with van der Waals surface area (Å²) in [6.07, 6.45) is 1.81. The maximum Gasteiger partial charge on any atom is 0.255 e. The minimum Gasteiger partial charge on any atom is -0.375 e. The predicted octanol–water partition coefficient (Wildman–Crippen LogP) is 3.41. The van der Waals surface area contributed by atoms with Gasteiger partial charge in [0.1, 0.15) is 0 Å². The van der Waals surface area contributed by atoms with Gasteiger partial charge in [-0.3, -0.25) is 9.69 Å². The summed E-state index contributed by atoms with van der Waals surface area (Å²) in [5.74, 6) is -0.0478. The average molecular weight is 408 g/mol. The van der Waals surface area contributed by atoms with Gasteiger partial charge in [-0.25, -0.2) is 4.98 Å². The number of aromatic nitrogens is 1. The molecule has 1 saturated heterocycles. The Balaban J connectivity index is 0.00000208. The van der Waals surface area contributed by atoms with Gasteiger partial charge in [0.05, 0.1) is 10.6 Å². The molecule has 130 valence electrons. The molecule has 24 heavy (non-hydrogen) atoms. The number of halogens is 3. The van der Waals surface area contributed by atoms with Crippen LogP contribution < -0.4 is 5.73 Å². The smallest absolute Gasteiger partial charge is 0.255 e. The molecule has 1 aromatic carbocycles. The maximum absolute atomic E-state index is 12.6. The summed E-state index contributed by atoms with van der Waals surface area (Å²) in [6, 6.07) is 4.96. The Morgan fingerprint density at radius 3 is 2.54 bits per heavy atom. The van der Waals surface area contributed by atoms with E-state index in [0.717, 1.165) is 24.5 Å². The van der Waals surface area contributed by atoms with E-state index in [0.29, 0.717) is 33.8 Å². The van der Waals surface area contributed by atoms with Crippen LogP contribution >= 0.6 is 46.9 Å². The number of carbonyl (C=O) groups excluding carboxylic acids is 1. The molecule has 1 aliphatic heterocycles. The van der Waals surface area contributed by atoms with Gasteiger partial charge >= 0.3 is 0 Å². The molecule has 2 N–H and O–H groups in total. The standard InChI is InChI=1S/C15H16Cl2N4OS.ClH/c16-10-1-2-12(13(17)7-10)14(22)21-5-3-20(4-6-21)9-11-8-19-15(18)23-11;/h1-2,7-8H,3-6,9H2,(H2,18,19);1H. The van der Waals surface area contributed by atoms with Crippen molar-refractivity contribution in [1.29, 1.82) is 0 Å². The fourth-order valence-corrected chi connectivity index (χ4v) is 3.77. The Bertz CT molecular complexity index is 716. The number of nitrogens with zero attached hydrogens (tertiary/aromatic N) is 3. The summed E-state index contributed by atoms with van der Waals surface area (Å²) < 4.78 is 0. The second-order valence-corrected chi connectivity index (χ2v) is 7.35. The number of nitrogen functional groups attached to an aromatic ring is 1. The monoisotopic (exact) mass is 406 g/mol. The first kappa shape index (κ1) is 19.3. The van der Waals surface area contributed by atoms with Gasteiger partial charge in [0.25, 0.3) is 5.91 Å². The van der Waals surface area contributed by atoms with Crippen molar-refractivity contribution in [3.05, 3.63) is 44.9 Å². The van der Waals surface area contributed by atoms with E-state index >= 15 is 0 Å². The highest BCUT2D eigenvalue weighted by Gasteiger charge is 2.24. The molecule has 0 unspecified atom stereocenters. The topological polar surface area (TPSA) is 62.5 Å². The molecule has 2 aromatic rings. The lowest BCUT2D eigenvalue weighted by Crippen LogP contribution is -2.48. The van der Waals surface area contributed by atoms with Gasteiger partial charge in [-0.2, -0.15) is 0 Å². The molecular weight excluding hydrogens is 391 g/mol. The molecule has 1 aromatic heterocycles. The number of hydrogen-bond donors (Lipinski definition) is 1. The lowest BCUT2D eigenvalue weighted by Gasteiger charge is -2.34. The number of piperazine rings is 1. The van der Waals surface area contributed by atoms with Crippen LogP contribution in [0.5, 0.6) is 0 Å². The average Bonchev–Trinajstić information content (AvgIpc) is 2.92. The second kappa shape index (κ2) is 8.36. The van der Waals surface area contributed by atoms with Gasteiger partial charge < -0.3 is 10.6 Å². The molecule has 3 rings (SSSR count). The minimum absolute atomic E-state index is 0. The first-order valence-electron chi connectivity index (χ1n) is 7.20. The van der Waals surface area contributed by atoms with E-state index in [2.05, 4.69) is 9.88 Å². The molecule has 0 atom stereocenters. The van der Waals surface area contributed by atoms with Crippen molar-refractivity contribution in [2.45, 2.75) is 6.54 Å². The highest BCUT2D eigenvalue weighted by atomic mass is 35.5. The van der Waals surface area contributed by atoms with E-state index in [1.165, 1.54) is 11.3 Å². The molecular formula is C15H17Cl3N4OS. The first-order valence-corrected chi connectivity index (χ1v) is 8.77. The van der Waals surface area contributed by atoms with Crippen molar-refractivity contribution in [2.75, 3.05) is 31.9 Å². The van der Waals surface area contributed by atoms with Gasteiger partial charge in [0, 0.05) is 48.8 Å². The molecule has 0 saturated carbocycles. The lowest BCUT2D eigenvalue weighted by atomic mass is 10.1. The van der Waals surface area contributed by atoms with Crippen molar-refractivity contribution in [1.82, 2.24) is 14.8 Å². The van der Waals surface area contributed by atoms with E-state index in [4.69, 9.17) is 28.9 Å². The van der Waals surface area contributed by atoms with Crippen molar-refractivity contribution in [3.63, 3.8) is 0 Å². The predicted molar refractivity (Wildman–Crippen MR) is 101 cm³/mol. The fourth-order valence-electron chi connectivity index (χ4n) is 2.56. The van der Waals surface area contributed by atoms with Crippen molar-refractivity contribution in [3.8, 4) is 0 Å². The van der Waals surface area contributed by atoms with Gasteiger partial charge in [-0.1, -0.05) is 23.2 Å². The third kappa shape index (κ3) is 4.52. The van der Waals surface area contributed by atoms with Gasteiger partial charge in [0.15, 0.2) is 5.13 Å². The van der Waals surface area contributed by atoms with Crippen LogP contribution in [0.1, 0.15) is 15.2 Å². The van der Waals surface area contributed by atoms with Crippen LogP contribution in [0.25, 0.3) is 0 Å². The van der Waals surface area contributed by atoms with E-state index in [-0.39, 0.29) is 18.3 Å². The van der Waals surface area contributed by atoms with E-state index in [1.807, 2.05) is 11.1 Å². The molecule has 0 spiro atoms. The molecule has 1 fully saturated rings. The zero-order chi connectivity index (χ0) is 16.4. The number of nitrogens with two attached hydrogens (primary N) is 1. The Morgan fingerprint density at radius 1 is 1.25 bits per heavy atom. The van der Waals surface area contributed by atoms with Crippen molar-refractivity contribution >= 4 is 58.0 Å². The Kier molecular flexibility index (Phi) is 6.71. The zero-order valence-corrected chi connectivity index (χ0v) is 15.9. The van der Waals surface area contributed by atoms with Crippen molar-refractivity contribution < 1.29 is 4.79 Å². The van der Waals surface area contributed by atoms with Crippen LogP contribution in [0, 0.1) is 0 Å². The van der Waals surface area contributed by atoms with E-state index < -0.39 is 0 Å². The van der Waals surface area contributed by atoms with Gasteiger partial charge in [0.2, 0.25) is 0 Å². The quantitative estimate of drug-likeness (QED) is 0.847.